The standard InChI is InChI=1S/C50H33BN2O/c1-50(2,3)32-25-30-20-23-37-43-39(24-21-31(26-32)42(30)43)47-45-44(37)38-16-10-15-35-34-13-6-8-17-40(34)53(46(35)38)51(45)49-48(36-14-7-9-18-41(36)54-49)52(47)33-22-19-28-11-4-5-12-29(28)27-33/h4-27H,1-3H3. The van der Waals surface area contributed by atoms with Gasteiger partial charge in [0.25, 0.3) is 0 Å². The molecule has 0 spiro atoms. The van der Waals surface area contributed by atoms with Gasteiger partial charge in [-0.05, 0) is 84.7 Å². The van der Waals surface area contributed by atoms with Gasteiger partial charge in [-0.2, -0.15) is 0 Å². The molecule has 11 aromatic rings. The van der Waals surface area contributed by atoms with Crippen LogP contribution in [0.5, 0.6) is 0 Å². The Morgan fingerprint density at radius 2 is 1.24 bits per heavy atom. The number of hydrogen-bond acceptors (Lipinski definition) is 2. The second-order valence-corrected chi connectivity index (χ2v) is 16.5. The lowest BCUT2D eigenvalue weighted by molar-refractivity contribution is 0.591. The molecule has 2 aliphatic rings. The number of nitrogens with zero attached hydrogens (tertiary/aromatic N) is 2. The van der Waals surface area contributed by atoms with E-state index in [0.29, 0.717) is 0 Å². The van der Waals surface area contributed by atoms with Crippen LogP contribution >= 0.6 is 0 Å². The summed E-state index contributed by atoms with van der Waals surface area (Å²) >= 11 is 0. The van der Waals surface area contributed by atoms with E-state index in [1.54, 1.807) is 0 Å². The third kappa shape index (κ3) is 3.45. The van der Waals surface area contributed by atoms with E-state index in [2.05, 4.69) is 176 Å². The van der Waals surface area contributed by atoms with E-state index in [0.717, 1.165) is 28.0 Å². The van der Waals surface area contributed by atoms with Gasteiger partial charge < -0.3 is 13.8 Å². The van der Waals surface area contributed by atoms with Crippen LogP contribution in [0.25, 0.3) is 87.0 Å². The molecule has 0 N–H and O–H groups in total. The van der Waals surface area contributed by atoms with Crippen LogP contribution in [0, 0.1) is 0 Å². The summed E-state index contributed by atoms with van der Waals surface area (Å²) in [5.74, 6) is 0. The molecule has 3 nitrogen and oxygen atoms in total. The summed E-state index contributed by atoms with van der Waals surface area (Å²) in [5.41, 5.74) is 13.2. The second-order valence-electron chi connectivity index (χ2n) is 16.5. The van der Waals surface area contributed by atoms with Crippen LogP contribution in [0.2, 0.25) is 0 Å². The van der Waals surface area contributed by atoms with Crippen molar-refractivity contribution < 1.29 is 4.42 Å². The van der Waals surface area contributed by atoms with Crippen molar-refractivity contribution in [2.24, 2.45) is 0 Å². The van der Waals surface area contributed by atoms with Crippen molar-refractivity contribution in [1.29, 1.82) is 0 Å². The fourth-order valence-electron chi connectivity index (χ4n) is 10.3. The van der Waals surface area contributed by atoms with Gasteiger partial charge in [-0.25, -0.2) is 0 Å². The molecule has 0 saturated carbocycles. The van der Waals surface area contributed by atoms with Crippen molar-refractivity contribution in [1.82, 2.24) is 4.48 Å². The number of para-hydroxylation sites is 3. The average molecular weight is 689 g/mol. The molecule has 0 amide bonds. The topological polar surface area (TPSA) is 21.3 Å². The highest BCUT2D eigenvalue weighted by atomic mass is 16.3. The lowest BCUT2D eigenvalue weighted by atomic mass is 9.47. The predicted molar refractivity (Wildman–Crippen MR) is 230 cm³/mol. The summed E-state index contributed by atoms with van der Waals surface area (Å²) < 4.78 is 9.77. The van der Waals surface area contributed by atoms with E-state index < -0.39 is 0 Å². The van der Waals surface area contributed by atoms with Crippen molar-refractivity contribution in [3.63, 3.8) is 0 Å². The fourth-order valence-corrected chi connectivity index (χ4v) is 10.3. The summed E-state index contributed by atoms with van der Waals surface area (Å²) in [4.78, 5) is 2.55. The van der Waals surface area contributed by atoms with Gasteiger partial charge in [0.05, 0.1) is 11.4 Å². The van der Waals surface area contributed by atoms with Gasteiger partial charge in [-0.3, -0.25) is 0 Å². The van der Waals surface area contributed by atoms with Gasteiger partial charge in [0, 0.05) is 49.2 Å². The van der Waals surface area contributed by atoms with Crippen LogP contribution in [0.4, 0.5) is 17.1 Å². The molecule has 0 fully saturated rings. The molecule has 0 radical (unpaired) electrons. The zero-order chi connectivity index (χ0) is 35.6. The van der Waals surface area contributed by atoms with Crippen molar-refractivity contribution in [3.05, 3.63) is 151 Å². The molecule has 13 rings (SSSR count). The maximum Gasteiger partial charge on any atom is 0.376 e. The molecular formula is C50H33BN2O. The van der Waals surface area contributed by atoms with E-state index >= 15 is 0 Å². The van der Waals surface area contributed by atoms with Gasteiger partial charge in [0.15, 0.2) is 0 Å². The summed E-state index contributed by atoms with van der Waals surface area (Å²) in [6.45, 7) is 6.78. The number of hydrogen-bond donors (Lipinski definition) is 0. The molecule has 54 heavy (non-hydrogen) atoms. The SMILES string of the molecule is CC(C)(C)c1cc2ccc3c4c5c(c6ccc(c1)c2c36)N(c1ccc2ccccc2c1)c1c(oc2ccccc12)B5n1c2ccccc2c2cccc-4c21. The largest absolute Gasteiger partial charge is 0.466 e. The number of fused-ring (bicyclic) bond motifs is 12. The van der Waals surface area contributed by atoms with Crippen LogP contribution in [0.15, 0.2) is 150 Å². The van der Waals surface area contributed by atoms with Gasteiger partial charge in [-0.15, -0.1) is 0 Å². The molecule has 0 aliphatic carbocycles. The second kappa shape index (κ2) is 9.72. The third-order valence-corrected chi connectivity index (χ3v) is 12.6. The van der Waals surface area contributed by atoms with Crippen LogP contribution < -0.4 is 16.0 Å². The number of aromatic nitrogens is 1. The first-order valence-electron chi connectivity index (χ1n) is 19.1. The molecule has 2 aliphatic heterocycles. The summed E-state index contributed by atoms with van der Waals surface area (Å²) in [6, 6.07) is 54.5. The quantitative estimate of drug-likeness (QED) is 0.126. The lowest BCUT2D eigenvalue weighted by Gasteiger charge is -2.40. The monoisotopic (exact) mass is 688 g/mol. The Morgan fingerprint density at radius 3 is 2.07 bits per heavy atom. The van der Waals surface area contributed by atoms with Gasteiger partial charge in [0.2, 0.25) is 0 Å². The third-order valence-electron chi connectivity index (χ3n) is 12.6. The van der Waals surface area contributed by atoms with Gasteiger partial charge in [0.1, 0.15) is 11.2 Å². The summed E-state index contributed by atoms with van der Waals surface area (Å²) in [7, 11) is 0. The zero-order valence-electron chi connectivity index (χ0n) is 30.2. The van der Waals surface area contributed by atoms with Crippen molar-refractivity contribution in [2.45, 2.75) is 26.2 Å². The van der Waals surface area contributed by atoms with Crippen molar-refractivity contribution >= 4 is 111 Å². The Bertz CT molecular complexity index is 3430. The highest BCUT2D eigenvalue weighted by molar-refractivity contribution is 6.90. The van der Waals surface area contributed by atoms with Crippen LogP contribution in [-0.2, 0) is 5.41 Å². The van der Waals surface area contributed by atoms with Crippen LogP contribution in [-0.4, -0.2) is 11.3 Å². The first-order chi connectivity index (χ1) is 26.4. The van der Waals surface area contributed by atoms with E-state index in [4.69, 9.17) is 4.42 Å². The predicted octanol–water partition coefficient (Wildman–Crippen LogP) is 12.3. The molecule has 4 heterocycles. The van der Waals surface area contributed by atoms with Gasteiger partial charge in [-0.1, -0.05) is 136 Å². The van der Waals surface area contributed by atoms with E-state index in [-0.39, 0.29) is 12.3 Å². The number of rotatable bonds is 1. The maximum absolute atomic E-state index is 7.18. The first-order valence-corrected chi connectivity index (χ1v) is 19.1. The fraction of sp³-hybridized carbons (Fsp3) is 0.0800. The minimum absolute atomic E-state index is 0.0392. The number of benzene rings is 9. The Labute approximate surface area is 312 Å². The molecule has 0 saturated heterocycles. The van der Waals surface area contributed by atoms with E-state index in [1.165, 1.54) is 92.7 Å². The molecule has 9 aromatic carbocycles. The van der Waals surface area contributed by atoms with Crippen LogP contribution in [0.3, 0.4) is 0 Å². The summed E-state index contributed by atoms with van der Waals surface area (Å²) in [5, 5.41) is 14.0. The maximum atomic E-state index is 7.18. The molecule has 0 bridgehead atoms. The smallest absolute Gasteiger partial charge is 0.376 e. The highest BCUT2D eigenvalue weighted by Gasteiger charge is 2.47. The van der Waals surface area contributed by atoms with Crippen molar-refractivity contribution in [2.75, 3.05) is 4.90 Å². The highest BCUT2D eigenvalue weighted by Crippen LogP contribution is 2.53. The van der Waals surface area contributed by atoms with E-state index in [1.807, 2.05) is 0 Å². The molecule has 252 valence electrons. The Morgan fingerprint density at radius 1 is 0.537 bits per heavy atom. The Kier molecular flexibility index (Phi) is 5.22. The minimum Gasteiger partial charge on any atom is -0.466 e. The van der Waals surface area contributed by atoms with Crippen molar-refractivity contribution in [3.8, 4) is 11.1 Å². The molecular weight excluding hydrogens is 655 g/mol. The first kappa shape index (κ1) is 29.0. The summed E-state index contributed by atoms with van der Waals surface area (Å²) in [6.07, 6.45) is 0. The van der Waals surface area contributed by atoms with Gasteiger partial charge >= 0.3 is 6.85 Å². The molecule has 0 unspecified atom stereocenters. The molecule has 2 aromatic heterocycles. The number of furan rings is 1. The molecule has 0 atom stereocenters. The van der Waals surface area contributed by atoms with Crippen LogP contribution in [0.1, 0.15) is 26.3 Å². The van der Waals surface area contributed by atoms with E-state index in [9.17, 15) is 0 Å². The Balaban J connectivity index is 1.29. The number of anilines is 3. The molecule has 4 heteroatoms. The minimum atomic E-state index is -0.166. The zero-order valence-corrected chi connectivity index (χ0v) is 30.2. The lowest BCUT2D eigenvalue weighted by Crippen LogP contribution is -2.56. The normalized spacial score (nSPS) is 13.8. The average Bonchev–Trinajstić information content (AvgIpc) is 3.75. The Hall–Kier alpha value is -6.52.